The van der Waals surface area contributed by atoms with Crippen LogP contribution in [0, 0.1) is 6.92 Å². The van der Waals surface area contributed by atoms with E-state index in [1.54, 1.807) is 12.1 Å². The van der Waals surface area contributed by atoms with Gasteiger partial charge in [-0.05, 0) is 44.5 Å². The largest absolute Gasteiger partial charge is 0.323 e. The van der Waals surface area contributed by atoms with Gasteiger partial charge in [0.05, 0.1) is 5.25 Å². The molecular weight excluding hydrogens is 326 g/mol. The monoisotopic (exact) mass is 345 g/mol. The predicted molar refractivity (Wildman–Crippen MR) is 87.8 cm³/mol. The summed E-state index contributed by atoms with van der Waals surface area (Å²) in [5.41, 5.74) is 1.53. The molecule has 1 saturated heterocycles. The fourth-order valence-electron chi connectivity index (χ4n) is 2.42. The van der Waals surface area contributed by atoms with Gasteiger partial charge in [-0.25, -0.2) is 17.9 Å². The van der Waals surface area contributed by atoms with E-state index in [1.165, 1.54) is 11.9 Å². The Morgan fingerprint density at radius 3 is 2.77 bits per heavy atom. The molecule has 0 bridgehead atoms. The topological polar surface area (TPSA) is 78.5 Å². The number of amides is 2. The highest BCUT2D eigenvalue weighted by atomic mass is 35.5. The Morgan fingerprint density at radius 2 is 2.14 bits per heavy atom. The van der Waals surface area contributed by atoms with Crippen LogP contribution in [0.2, 0.25) is 5.02 Å². The SMILES string of the molecule is CNS(=O)(=O)C1CCCN(C(=O)Nc2ccc(C)c(Cl)c2)C1. The Balaban J connectivity index is 2.04. The molecule has 0 radical (unpaired) electrons. The van der Waals surface area contributed by atoms with Gasteiger partial charge in [0.25, 0.3) is 0 Å². The maximum atomic E-state index is 12.3. The third kappa shape index (κ3) is 3.91. The molecule has 0 saturated carbocycles. The molecule has 1 atom stereocenters. The average molecular weight is 346 g/mol. The molecule has 1 aliphatic heterocycles. The summed E-state index contributed by atoms with van der Waals surface area (Å²) in [5, 5.41) is 2.76. The predicted octanol–water partition coefficient (Wildman–Crippen LogP) is 2.19. The summed E-state index contributed by atoms with van der Waals surface area (Å²) in [6.07, 6.45) is 1.22. The number of aryl methyl sites for hydroxylation is 1. The maximum Gasteiger partial charge on any atom is 0.321 e. The van der Waals surface area contributed by atoms with Crippen LogP contribution in [0.4, 0.5) is 10.5 Å². The number of anilines is 1. The normalized spacial score (nSPS) is 19.0. The van der Waals surface area contributed by atoms with Crippen LogP contribution < -0.4 is 10.0 Å². The number of urea groups is 1. The van der Waals surface area contributed by atoms with Gasteiger partial charge in [-0.3, -0.25) is 0 Å². The minimum atomic E-state index is -3.37. The Morgan fingerprint density at radius 1 is 1.41 bits per heavy atom. The van der Waals surface area contributed by atoms with E-state index in [4.69, 9.17) is 11.6 Å². The average Bonchev–Trinajstić information content (AvgIpc) is 2.51. The summed E-state index contributed by atoms with van der Waals surface area (Å²) in [4.78, 5) is 13.8. The lowest BCUT2D eigenvalue weighted by molar-refractivity contribution is 0.200. The van der Waals surface area contributed by atoms with Crippen molar-refractivity contribution in [2.45, 2.75) is 25.0 Å². The van der Waals surface area contributed by atoms with Crippen molar-refractivity contribution < 1.29 is 13.2 Å². The molecule has 122 valence electrons. The van der Waals surface area contributed by atoms with Gasteiger partial charge < -0.3 is 10.2 Å². The van der Waals surface area contributed by atoms with Crippen LogP contribution in [-0.4, -0.2) is 44.7 Å². The Kier molecular flexibility index (Phi) is 5.31. The van der Waals surface area contributed by atoms with Crippen molar-refractivity contribution in [3.05, 3.63) is 28.8 Å². The van der Waals surface area contributed by atoms with Crippen LogP contribution in [0.1, 0.15) is 18.4 Å². The van der Waals surface area contributed by atoms with E-state index < -0.39 is 15.3 Å². The zero-order chi connectivity index (χ0) is 16.3. The van der Waals surface area contributed by atoms with E-state index in [1.807, 2.05) is 13.0 Å². The van der Waals surface area contributed by atoms with Gasteiger partial charge in [0, 0.05) is 23.8 Å². The summed E-state index contributed by atoms with van der Waals surface area (Å²) < 4.78 is 26.1. The highest BCUT2D eigenvalue weighted by molar-refractivity contribution is 7.90. The molecule has 2 N–H and O–H groups in total. The fraction of sp³-hybridized carbons (Fsp3) is 0.500. The molecule has 0 aromatic heterocycles. The maximum absolute atomic E-state index is 12.3. The second kappa shape index (κ2) is 6.85. The van der Waals surface area contributed by atoms with Crippen LogP contribution in [0.15, 0.2) is 18.2 Å². The van der Waals surface area contributed by atoms with Crippen molar-refractivity contribution in [1.82, 2.24) is 9.62 Å². The lowest BCUT2D eigenvalue weighted by Crippen LogP contribution is -2.49. The third-order valence-corrected chi connectivity index (χ3v) is 6.05. The minimum absolute atomic E-state index is 0.189. The first-order valence-corrected chi connectivity index (χ1v) is 9.00. The summed E-state index contributed by atoms with van der Waals surface area (Å²) in [7, 11) is -1.97. The molecule has 1 heterocycles. The van der Waals surface area contributed by atoms with Crippen molar-refractivity contribution in [3.63, 3.8) is 0 Å². The van der Waals surface area contributed by atoms with Crippen molar-refractivity contribution in [3.8, 4) is 0 Å². The number of hydrogen-bond acceptors (Lipinski definition) is 3. The summed E-state index contributed by atoms with van der Waals surface area (Å²) in [6, 6.07) is 4.96. The molecule has 1 unspecified atom stereocenters. The van der Waals surface area contributed by atoms with Crippen molar-refractivity contribution in [2.24, 2.45) is 0 Å². The number of hydrogen-bond donors (Lipinski definition) is 2. The number of piperidine rings is 1. The highest BCUT2D eigenvalue weighted by Gasteiger charge is 2.31. The van der Waals surface area contributed by atoms with Gasteiger partial charge in [0.1, 0.15) is 0 Å². The van der Waals surface area contributed by atoms with Crippen LogP contribution in [0.5, 0.6) is 0 Å². The minimum Gasteiger partial charge on any atom is -0.323 e. The lowest BCUT2D eigenvalue weighted by Gasteiger charge is -2.32. The van der Waals surface area contributed by atoms with E-state index in [2.05, 4.69) is 10.0 Å². The van der Waals surface area contributed by atoms with Gasteiger partial charge in [-0.15, -0.1) is 0 Å². The van der Waals surface area contributed by atoms with E-state index >= 15 is 0 Å². The van der Waals surface area contributed by atoms with Crippen molar-refractivity contribution in [2.75, 3.05) is 25.5 Å². The second-order valence-corrected chi connectivity index (χ2v) is 7.93. The number of sulfonamides is 1. The zero-order valence-electron chi connectivity index (χ0n) is 12.6. The fourth-order valence-corrected chi connectivity index (χ4v) is 3.78. The first kappa shape index (κ1) is 17.1. The number of nitrogens with one attached hydrogen (secondary N) is 2. The first-order chi connectivity index (χ1) is 10.3. The number of nitrogens with zero attached hydrogens (tertiary/aromatic N) is 1. The molecule has 2 amide bonds. The zero-order valence-corrected chi connectivity index (χ0v) is 14.2. The van der Waals surface area contributed by atoms with Gasteiger partial charge in [0.2, 0.25) is 10.0 Å². The van der Waals surface area contributed by atoms with Gasteiger partial charge in [0.15, 0.2) is 0 Å². The molecule has 8 heteroatoms. The second-order valence-electron chi connectivity index (χ2n) is 5.35. The lowest BCUT2D eigenvalue weighted by atomic mass is 10.1. The molecule has 1 fully saturated rings. The number of halogens is 1. The number of carbonyl (C=O) groups is 1. The number of rotatable bonds is 3. The van der Waals surface area contributed by atoms with Gasteiger partial charge in [-0.1, -0.05) is 17.7 Å². The summed E-state index contributed by atoms with van der Waals surface area (Å²) in [6.45, 7) is 2.61. The van der Waals surface area contributed by atoms with E-state index in [0.29, 0.717) is 30.1 Å². The highest BCUT2D eigenvalue weighted by Crippen LogP contribution is 2.21. The van der Waals surface area contributed by atoms with Crippen LogP contribution in [0.3, 0.4) is 0 Å². The van der Waals surface area contributed by atoms with Crippen LogP contribution in [0.25, 0.3) is 0 Å². The number of likely N-dealkylation sites (tertiary alicyclic amines) is 1. The Labute approximate surface area is 135 Å². The molecule has 0 aliphatic carbocycles. The molecular formula is C14H20ClN3O3S. The smallest absolute Gasteiger partial charge is 0.321 e. The molecule has 1 aromatic rings. The number of benzene rings is 1. The van der Waals surface area contributed by atoms with Crippen LogP contribution in [-0.2, 0) is 10.0 Å². The molecule has 6 nitrogen and oxygen atoms in total. The van der Waals surface area contributed by atoms with Gasteiger partial charge in [-0.2, -0.15) is 0 Å². The Bertz CT molecular complexity index is 663. The summed E-state index contributed by atoms with van der Waals surface area (Å²) >= 11 is 6.03. The third-order valence-electron chi connectivity index (χ3n) is 3.81. The van der Waals surface area contributed by atoms with E-state index in [0.717, 1.165) is 5.56 Å². The molecule has 1 aliphatic rings. The number of carbonyl (C=O) groups excluding carboxylic acids is 1. The van der Waals surface area contributed by atoms with Crippen LogP contribution >= 0.6 is 11.6 Å². The van der Waals surface area contributed by atoms with Crippen molar-refractivity contribution >= 4 is 33.3 Å². The van der Waals surface area contributed by atoms with Crippen molar-refractivity contribution in [1.29, 1.82) is 0 Å². The molecule has 2 rings (SSSR count). The van der Waals surface area contributed by atoms with E-state index in [-0.39, 0.29) is 12.6 Å². The summed E-state index contributed by atoms with van der Waals surface area (Å²) in [5.74, 6) is 0. The Hall–Kier alpha value is -1.31. The van der Waals surface area contributed by atoms with Gasteiger partial charge >= 0.3 is 6.03 Å². The van der Waals surface area contributed by atoms with E-state index in [9.17, 15) is 13.2 Å². The quantitative estimate of drug-likeness (QED) is 0.881. The first-order valence-electron chi connectivity index (χ1n) is 7.08. The molecule has 1 aromatic carbocycles. The standard InChI is InChI=1S/C14H20ClN3O3S/c1-10-5-6-11(8-13(10)15)17-14(19)18-7-3-4-12(9-18)22(20,21)16-2/h5-6,8,12,16H,3-4,7,9H2,1-2H3,(H,17,19). The molecule has 22 heavy (non-hydrogen) atoms. The molecule has 0 spiro atoms.